The van der Waals surface area contributed by atoms with Gasteiger partial charge in [0.05, 0.1) is 5.52 Å². The van der Waals surface area contributed by atoms with Crippen molar-refractivity contribution in [3.8, 4) is 0 Å². The Bertz CT molecular complexity index is 1170. The van der Waals surface area contributed by atoms with Gasteiger partial charge in [0.1, 0.15) is 11.2 Å². The molecule has 0 radical (unpaired) electrons. The lowest BCUT2D eigenvalue weighted by atomic mass is 9.84. The van der Waals surface area contributed by atoms with Crippen LogP contribution in [0.25, 0.3) is 10.9 Å². The van der Waals surface area contributed by atoms with E-state index in [0.29, 0.717) is 5.52 Å². The molecule has 5 nitrogen and oxygen atoms in total. The number of rotatable bonds is 7. The molecule has 0 aliphatic carbocycles. The van der Waals surface area contributed by atoms with Crippen molar-refractivity contribution in [1.82, 2.24) is 10.3 Å². The van der Waals surface area contributed by atoms with Crippen LogP contribution < -0.4 is 5.32 Å². The molecule has 1 heterocycles. The van der Waals surface area contributed by atoms with Gasteiger partial charge >= 0.3 is 5.97 Å². The monoisotopic (exact) mass is 410 g/mol. The normalized spacial score (nSPS) is 11.2. The summed E-state index contributed by atoms with van der Waals surface area (Å²) in [5, 5.41) is 14.0. The third kappa shape index (κ3) is 4.61. The first-order valence-electron chi connectivity index (χ1n) is 10.1. The van der Waals surface area contributed by atoms with Crippen LogP contribution in [0.2, 0.25) is 0 Å². The molecule has 0 saturated heterocycles. The molecule has 1 aromatic heterocycles. The second-order valence-corrected chi connectivity index (χ2v) is 7.56. The maximum Gasteiger partial charge on any atom is 0.330 e. The number of carboxylic acid groups (broad SMARTS) is 1. The first-order chi connectivity index (χ1) is 15.1. The summed E-state index contributed by atoms with van der Waals surface area (Å²) in [5.74, 6) is -1.60. The van der Waals surface area contributed by atoms with Gasteiger partial charge in [-0.05, 0) is 23.3 Å². The van der Waals surface area contributed by atoms with E-state index in [-0.39, 0.29) is 18.5 Å². The van der Waals surface area contributed by atoms with Gasteiger partial charge in [-0.25, -0.2) is 9.78 Å². The number of hydrogen-bond acceptors (Lipinski definition) is 3. The number of para-hydroxylation sites is 1. The first-order valence-corrected chi connectivity index (χ1v) is 10.1. The Balaban J connectivity index is 1.71. The van der Waals surface area contributed by atoms with E-state index in [1.165, 1.54) is 0 Å². The van der Waals surface area contributed by atoms with Gasteiger partial charge in [0.25, 0.3) is 5.91 Å². The number of benzene rings is 3. The summed E-state index contributed by atoms with van der Waals surface area (Å²) >= 11 is 0. The van der Waals surface area contributed by atoms with Crippen LogP contribution in [0.4, 0.5) is 0 Å². The number of carboxylic acids is 1. The van der Waals surface area contributed by atoms with Crippen molar-refractivity contribution in [2.24, 2.45) is 0 Å². The van der Waals surface area contributed by atoms with E-state index in [4.69, 9.17) is 0 Å². The van der Waals surface area contributed by atoms with Crippen molar-refractivity contribution in [3.05, 3.63) is 114 Å². The van der Waals surface area contributed by atoms with Gasteiger partial charge in [-0.2, -0.15) is 0 Å². The number of fused-ring (bicyclic) bond motifs is 1. The molecule has 31 heavy (non-hydrogen) atoms. The van der Waals surface area contributed by atoms with E-state index < -0.39 is 17.4 Å². The quantitative estimate of drug-likeness (QED) is 0.477. The third-order valence-corrected chi connectivity index (χ3v) is 5.29. The van der Waals surface area contributed by atoms with Crippen LogP contribution in [0.5, 0.6) is 0 Å². The fourth-order valence-corrected chi connectivity index (χ4v) is 3.72. The van der Waals surface area contributed by atoms with Gasteiger partial charge < -0.3 is 10.4 Å². The first kappa shape index (κ1) is 20.3. The average Bonchev–Trinajstić information content (AvgIpc) is 2.80. The number of aromatic nitrogens is 1. The number of hydrogen-bond donors (Lipinski definition) is 2. The zero-order valence-electron chi connectivity index (χ0n) is 16.9. The number of carbonyl (C=O) groups excluding carboxylic acids is 1. The van der Waals surface area contributed by atoms with Crippen LogP contribution >= 0.6 is 0 Å². The smallest absolute Gasteiger partial charge is 0.330 e. The molecule has 0 fully saturated rings. The molecule has 154 valence electrons. The highest BCUT2D eigenvalue weighted by Gasteiger charge is 2.41. The highest BCUT2D eigenvalue weighted by Crippen LogP contribution is 2.22. The minimum atomic E-state index is -1.52. The largest absolute Gasteiger partial charge is 0.479 e. The van der Waals surface area contributed by atoms with Crippen molar-refractivity contribution < 1.29 is 14.7 Å². The summed E-state index contributed by atoms with van der Waals surface area (Å²) in [5.41, 5.74) is 1.00. The predicted octanol–water partition coefficient (Wildman–Crippen LogP) is 4.27. The lowest BCUT2D eigenvalue weighted by Crippen LogP contribution is -2.57. The van der Waals surface area contributed by atoms with Crippen LogP contribution in [-0.4, -0.2) is 27.5 Å². The Hall–Kier alpha value is -3.99. The van der Waals surface area contributed by atoms with Crippen LogP contribution in [0.1, 0.15) is 21.6 Å². The van der Waals surface area contributed by atoms with E-state index >= 15 is 0 Å². The average molecular weight is 410 g/mol. The van der Waals surface area contributed by atoms with Crippen molar-refractivity contribution in [1.29, 1.82) is 0 Å². The topological polar surface area (TPSA) is 79.3 Å². The van der Waals surface area contributed by atoms with Gasteiger partial charge in [0.2, 0.25) is 0 Å². The molecule has 0 atom stereocenters. The lowest BCUT2D eigenvalue weighted by molar-refractivity contribution is -0.144. The third-order valence-electron chi connectivity index (χ3n) is 5.29. The van der Waals surface area contributed by atoms with Crippen molar-refractivity contribution in [3.63, 3.8) is 0 Å². The number of nitrogens with one attached hydrogen (secondary N) is 1. The maximum absolute atomic E-state index is 13.2. The summed E-state index contributed by atoms with van der Waals surface area (Å²) in [6.45, 7) is 0. The van der Waals surface area contributed by atoms with Crippen LogP contribution in [0, 0.1) is 0 Å². The number of nitrogens with zero attached hydrogens (tertiary/aromatic N) is 1. The highest BCUT2D eigenvalue weighted by atomic mass is 16.4. The molecule has 5 heteroatoms. The Morgan fingerprint density at radius 1 is 0.742 bits per heavy atom. The van der Waals surface area contributed by atoms with Crippen LogP contribution in [-0.2, 0) is 17.6 Å². The van der Waals surface area contributed by atoms with Gasteiger partial charge in [-0.1, -0.05) is 84.9 Å². The molecule has 0 bridgehead atoms. The fraction of sp³-hybridized carbons (Fsp3) is 0.115. The van der Waals surface area contributed by atoms with E-state index in [1.54, 1.807) is 6.07 Å². The number of pyridine rings is 1. The number of carbonyl (C=O) groups is 2. The van der Waals surface area contributed by atoms with E-state index in [0.717, 1.165) is 16.5 Å². The molecule has 0 aliphatic rings. The zero-order valence-corrected chi connectivity index (χ0v) is 16.9. The van der Waals surface area contributed by atoms with Crippen LogP contribution in [0.15, 0.2) is 97.1 Å². The molecular formula is C26H22N2O3. The molecular weight excluding hydrogens is 388 g/mol. The highest BCUT2D eigenvalue weighted by molar-refractivity contribution is 5.98. The van der Waals surface area contributed by atoms with Crippen LogP contribution in [0.3, 0.4) is 0 Å². The van der Waals surface area contributed by atoms with Crippen molar-refractivity contribution in [2.75, 3.05) is 0 Å². The summed E-state index contributed by atoms with van der Waals surface area (Å²) < 4.78 is 0. The molecule has 3 aromatic carbocycles. The number of aliphatic carboxylic acids is 1. The predicted molar refractivity (Wildman–Crippen MR) is 120 cm³/mol. The Kier molecular flexibility index (Phi) is 5.76. The molecule has 0 spiro atoms. The fourth-order valence-electron chi connectivity index (χ4n) is 3.72. The molecule has 0 aliphatic heterocycles. The molecule has 4 rings (SSSR count). The maximum atomic E-state index is 13.2. The Morgan fingerprint density at radius 2 is 1.29 bits per heavy atom. The SMILES string of the molecule is O=C(NC(Cc1ccccc1)(Cc1ccccc1)C(=O)O)c1ccc2ccccc2n1. The second-order valence-electron chi connectivity index (χ2n) is 7.56. The summed E-state index contributed by atoms with van der Waals surface area (Å²) in [6, 6.07) is 29.6. The van der Waals surface area contributed by atoms with E-state index in [1.807, 2.05) is 91.0 Å². The molecule has 1 amide bonds. The van der Waals surface area contributed by atoms with E-state index in [2.05, 4.69) is 10.3 Å². The Labute approximate surface area is 180 Å². The Morgan fingerprint density at radius 3 is 1.87 bits per heavy atom. The van der Waals surface area contributed by atoms with E-state index in [9.17, 15) is 14.7 Å². The minimum absolute atomic E-state index is 0.150. The molecule has 2 N–H and O–H groups in total. The van der Waals surface area contributed by atoms with Gasteiger partial charge in [0.15, 0.2) is 0 Å². The lowest BCUT2D eigenvalue weighted by Gasteiger charge is -2.31. The summed E-state index contributed by atoms with van der Waals surface area (Å²) in [4.78, 5) is 30.2. The van der Waals surface area contributed by atoms with Crippen molar-refractivity contribution in [2.45, 2.75) is 18.4 Å². The summed E-state index contributed by atoms with van der Waals surface area (Å²) in [6.07, 6.45) is 0.300. The summed E-state index contributed by atoms with van der Waals surface area (Å²) in [7, 11) is 0. The minimum Gasteiger partial charge on any atom is -0.479 e. The van der Waals surface area contributed by atoms with Crippen molar-refractivity contribution >= 4 is 22.8 Å². The van der Waals surface area contributed by atoms with Gasteiger partial charge in [-0.3, -0.25) is 4.79 Å². The number of amides is 1. The molecule has 0 saturated carbocycles. The molecule has 0 unspecified atom stereocenters. The van der Waals surface area contributed by atoms with Gasteiger partial charge in [0, 0.05) is 18.2 Å². The zero-order chi connectivity index (χ0) is 21.7. The second kappa shape index (κ2) is 8.79. The molecule has 4 aromatic rings. The standard InChI is InChI=1S/C26H22N2O3/c29-24(23-16-15-21-13-7-8-14-22(21)27-23)28-26(25(30)31,17-19-9-3-1-4-10-19)18-20-11-5-2-6-12-20/h1-16H,17-18H2,(H,28,29)(H,30,31). The van der Waals surface area contributed by atoms with Gasteiger partial charge in [-0.15, -0.1) is 0 Å².